The van der Waals surface area contributed by atoms with Gasteiger partial charge in [-0.3, -0.25) is 0 Å². The van der Waals surface area contributed by atoms with E-state index in [1.54, 1.807) is 0 Å². The van der Waals surface area contributed by atoms with Crippen LogP contribution in [0.15, 0.2) is 35.3 Å². The van der Waals surface area contributed by atoms with Crippen molar-refractivity contribution in [3.63, 3.8) is 0 Å². The summed E-state index contributed by atoms with van der Waals surface area (Å²) in [5, 5.41) is 15.9. The minimum atomic E-state index is -0.477. The summed E-state index contributed by atoms with van der Waals surface area (Å²) in [5.74, 6) is -0.140. The monoisotopic (exact) mass is 475 g/mol. The molecule has 0 atom stereocenters. The third-order valence-corrected chi connectivity index (χ3v) is 3.77. The fourth-order valence-electron chi connectivity index (χ4n) is 2.51. The van der Waals surface area contributed by atoms with E-state index in [2.05, 4.69) is 15.6 Å². The van der Waals surface area contributed by atoms with Gasteiger partial charge in [0.05, 0.1) is 6.54 Å². The van der Waals surface area contributed by atoms with Gasteiger partial charge in [-0.05, 0) is 55.7 Å². The maximum Gasteiger partial charge on any atom is 0.191 e. The smallest absolute Gasteiger partial charge is 0.191 e. The Hall–Kier alpha value is -1.90. The minimum absolute atomic E-state index is 0. The van der Waals surface area contributed by atoms with Crippen LogP contribution in [-0.4, -0.2) is 17.6 Å². The van der Waals surface area contributed by atoms with E-state index in [1.165, 1.54) is 6.07 Å². The molecule has 26 heavy (non-hydrogen) atoms. The number of hydrogen-bond acceptors (Lipinski definition) is 2. The lowest BCUT2D eigenvalue weighted by molar-refractivity contribution is 0.466. The number of aryl methyl sites for hydroxylation is 2. The van der Waals surface area contributed by atoms with Gasteiger partial charge >= 0.3 is 0 Å². The van der Waals surface area contributed by atoms with Crippen molar-refractivity contribution in [3.05, 3.63) is 64.2 Å². The van der Waals surface area contributed by atoms with E-state index in [0.717, 1.165) is 28.8 Å². The molecule has 4 nitrogen and oxygen atoms in total. The molecule has 7 heteroatoms. The summed E-state index contributed by atoms with van der Waals surface area (Å²) < 4.78 is 26.9. The van der Waals surface area contributed by atoms with Gasteiger partial charge in [0.25, 0.3) is 0 Å². The zero-order valence-electron chi connectivity index (χ0n) is 15.1. The Morgan fingerprint density at radius 1 is 1.08 bits per heavy atom. The molecule has 0 unspecified atom stereocenters. The van der Waals surface area contributed by atoms with E-state index < -0.39 is 11.6 Å². The number of nitrogens with zero attached hydrogens (tertiary/aromatic N) is 1. The Balaban J connectivity index is 0.00000338. The highest BCUT2D eigenvalue weighted by Gasteiger charge is 2.06. The standard InChI is InChI=1S/C19H23F2N3O.HI/c1-4-22-19(24-11-15-9-16(20)5-6-17(15)21)23-10-14-7-12(2)18(25)13(3)8-14;/h5-9,25H,4,10-11H2,1-3H3,(H2,22,23,24);1H. The van der Waals surface area contributed by atoms with Crippen molar-refractivity contribution >= 4 is 29.9 Å². The third kappa shape index (κ3) is 6.12. The molecule has 0 aliphatic heterocycles. The molecule has 0 amide bonds. The zero-order chi connectivity index (χ0) is 18.4. The maximum absolute atomic E-state index is 13.7. The number of aromatic hydroxyl groups is 1. The fourth-order valence-corrected chi connectivity index (χ4v) is 2.51. The Kier molecular flexibility index (Phi) is 8.77. The van der Waals surface area contributed by atoms with E-state index in [1.807, 2.05) is 32.9 Å². The van der Waals surface area contributed by atoms with Crippen LogP contribution in [0, 0.1) is 25.5 Å². The lowest BCUT2D eigenvalue weighted by Crippen LogP contribution is -2.37. The van der Waals surface area contributed by atoms with Crippen LogP contribution in [0.25, 0.3) is 0 Å². The molecule has 0 aliphatic carbocycles. The first-order chi connectivity index (χ1) is 11.9. The quantitative estimate of drug-likeness (QED) is 0.346. The van der Waals surface area contributed by atoms with Gasteiger partial charge in [0, 0.05) is 18.7 Å². The largest absolute Gasteiger partial charge is 0.507 e. The minimum Gasteiger partial charge on any atom is -0.507 e. The molecule has 3 N–H and O–H groups in total. The molecule has 0 bridgehead atoms. The predicted octanol–water partition coefficient (Wildman–Crippen LogP) is 4.16. The van der Waals surface area contributed by atoms with Gasteiger partial charge in [-0.25, -0.2) is 13.8 Å². The number of rotatable bonds is 5. The van der Waals surface area contributed by atoms with Crippen LogP contribution in [0.4, 0.5) is 8.78 Å². The maximum atomic E-state index is 13.7. The summed E-state index contributed by atoms with van der Waals surface area (Å²) in [5.41, 5.74) is 2.79. The van der Waals surface area contributed by atoms with Gasteiger partial charge < -0.3 is 15.7 Å². The Morgan fingerprint density at radius 2 is 1.73 bits per heavy atom. The van der Waals surface area contributed by atoms with E-state index >= 15 is 0 Å². The van der Waals surface area contributed by atoms with Crippen LogP contribution in [0.5, 0.6) is 5.75 Å². The number of halogens is 3. The molecule has 0 fully saturated rings. The predicted molar refractivity (Wildman–Crippen MR) is 111 cm³/mol. The van der Waals surface area contributed by atoms with Gasteiger partial charge in [-0.1, -0.05) is 12.1 Å². The van der Waals surface area contributed by atoms with Crippen molar-refractivity contribution in [1.29, 1.82) is 0 Å². The number of benzene rings is 2. The van der Waals surface area contributed by atoms with Crippen LogP contribution in [0.3, 0.4) is 0 Å². The van der Waals surface area contributed by atoms with Gasteiger partial charge in [0.15, 0.2) is 5.96 Å². The highest BCUT2D eigenvalue weighted by molar-refractivity contribution is 14.0. The molecule has 0 saturated carbocycles. The summed E-state index contributed by atoms with van der Waals surface area (Å²) in [6.45, 7) is 6.78. The molecule has 0 spiro atoms. The summed E-state index contributed by atoms with van der Waals surface area (Å²) in [7, 11) is 0. The van der Waals surface area contributed by atoms with Gasteiger partial charge in [0.1, 0.15) is 17.4 Å². The molecule has 0 aliphatic rings. The van der Waals surface area contributed by atoms with Gasteiger partial charge in [0.2, 0.25) is 0 Å². The molecule has 2 rings (SSSR count). The summed E-state index contributed by atoms with van der Waals surface area (Å²) >= 11 is 0. The van der Waals surface area contributed by atoms with Crippen molar-refractivity contribution in [2.24, 2.45) is 4.99 Å². The lowest BCUT2D eigenvalue weighted by atomic mass is 10.1. The second-order valence-corrected chi connectivity index (χ2v) is 5.86. The van der Waals surface area contributed by atoms with E-state index in [-0.39, 0.29) is 36.1 Å². The summed E-state index contributed by atoms with van der Waals surface area (Å²) in [6.07, 6.45) is 0. The first-order valence-electron chi connectivity index (χ1n) is 8.16. The lowest BCUT2D eigenvalue weighted by Gasteiger charge is -2.12. The Morgan fingerprint density at radius 3 is 2.35 bits per heavy atom. The zero-order valence-corrected chi connectivity index (χ0v) is 17.4. The van der Waals surface area contributed by atoms with E-state index in [9.17, 15) is 13.9 Å². The van der Waals surface area contributed by atoms with Crippen molar-refractivity contribution < 1.29 is 13.9 Å². The number of nitrogens with one attached hydrogen (secondary N) is 2. The van der Waals surface area contributed by atoms with Gasteiger partial charge in [-0.15, -0.1) is 24.0 Å². The van der Waals surface area contributed by atoms with Crippen molar-refractivity contribution in [3.8, 4) is 5.75 Å². The van der Waals surface area contributed by atoms with Crippen molar-refractivity contribution in [2.45, 2.75) is 33.9 Å². The molecular weight excluding hydrogens is 451 g/mol. The average molecular weight is 475 g/mol. The molecule has 0 aromatic heterocycles. The number of hydrogen-bond donors (Lipinski definition) is 3. The first kappa shape index (κ1) is 22.1. The number of phenols is 1. The van der Waals surface area contributed by atoms with Crippen LogP contribution in [0.2, 0.25) is 0 Å². The highest BCUT2D eigenvalue weighted by Crippen LogP contribution is 2.23. The summed E-state index contributed by atoms with van der Waals surface area (Å²) in [6, 6.07) is 7.12. The Bertz CT molecular complexity index is 758. The van der Waals surface area contributed by atoms with Crippen molar-refractivity contribution in [2.75, 3.05) is 6.54 Å². The van der Waals surface area contributed by atoms with Gasteiger partial charge in [-0.2, -0.15) is 0 Å². The molecule has 142 valence electrons. The van der Waals surface area contributed by atoms with Crippen LogP contribution < -0.4 is 10.6 Å². The van der Waals surface area contributed by atoms with E-state index in [4.69, 9.17) is 0 Å². The van der Waals surface area contributed by atoms with Crippen LogP contribution in [-0.2, 0) is 13.1 Å². The van der Waals surface area contributed by atoms with Crippen molar-refractivity contribution in [1.82, 2.24) is 10.6 Å². The van der Waals surface area contributed by atoms with E-state index in [0.29, 0.717) is 24.8 Å². The molecule has 0 heterocycles. The van der Waals surface area contributed by atoms with Crippen LogP contribution in [0.1, 0.15) is 29.2 Å². The first-order valence-corrected chi connectivity index (χ1v) is 8.16. The second-order valence-electron chi connectivity index (χ2n) is 5.86. The SMILES string of the molecule is CCNC(=NCc1cc(C)c(O)c(C)c1)NCc1cc(F)ccc1F.I. The molecule has 2 aromatic carbocycles. The summed E-state index contributed by atoms with van der Waals surface area (Å²) in [4.78, 5) is 4.46. The Labute approximate surface area is 169 Å². The van der Waals surface area contributed by atoms with Crippen LogP contribution >= 0.6 is 24.0 Å². The third-order valence-electron chi connectivity index (χ3n) is 3.77. The highest BCUT2D eigenvalue weighted by atomic mass is 127. The fraction of sp³-hybridized carbons (Fsp3) is 0.316. The molecular formula is C19H24F2IN3O. The molecule has 0 radical (unpaired) electrons. The normalized spacial score (nSPS) is 11.0. The number of aliphatic imine (C=N–C) groups is 1. The molecule has 2 aromatic rings. The number of phenolic OH excluding ortho intramolecular Hbond substituents is 1. The average Bonchev–Trinajstić information content (AvgIpc) is 2.57. The molecule has 0 saturated heterocycles. The topological polar surface area (TPSA) is 56.7 Å². The second kappa shape index (κ2) is 10.3. The number of guanidine groups is 1.